The van der Waals surface area contributed by atoms with E-state index in [1.807, 2.05) is 19.2 Å². The average molecular weight is 190 g/mol. The second-order valence-electron chi connectivity index (χ2n) is 3.67. The molecule has 0 atom stereocenters. The molecular formula is C12H18N2. The summed E-state index contributed by atoms with van der Waals surface area (Å²) in [5.41, 5.74) is 9.99. The minimum atomic E-state index is 0.795. The summed E-state index contributed by atoms with van der Waals surface area (Å²) in [5.74, 6) is 0. The maximum atomic E-state index is 5.61. The second-order valence-corrected chi connectivity index (χ2v) is 3.67. The van der Waals surface area contributed by atoms with E-state index in [1.165, 1.54) is 11.1 Å². The molecule has 1 aromatic rings. The fourth-order valence-corrected chi connectivity index (χ4v) is 1.43. The van der Waals surface area contributed by atoms with Crippen LogP contribution in [0.25, 0.3) is 6.08 Å². The van der Waals surface area contributed by atoms with Gasteiger partial charge in [-0.1, -0.05) is 13.3 Å². The van der Waals surface area contributed by atoms with Crippen molar-refractivity contribution in [2.24, 2.45) is 5.73 Å². The molecule has 0 amide bonds. The van der Waals surface area contributed by atoms with Gasteiger partial charge >= 0.3 is 0 Å². The molecule has 1 heterocycles. The van der Waals surface area contributed by atoms with Crippen molar-refractivity contribution in [3.05, 3.63) is 34.8 Å². The van der Waals surface area contributed by atoms with Gasteiger partial charge in [0.2, 0.25) is 0 Å². The Bertz CT molecular complexity index is 336. The Morgan fingerprint density at radius 3 is 2.86 bits per heavy atom. The quantitative estimate of drug-likeness (QED) is 0.795. The molecule has 0 saturated carbocycles. The van der Waals surface area contributed by atoms with Crippen LogP contribution in [0.1, 0.15) is 37.1 Å². The molecule has 0 spiro atoms. The minimum Gasteiger partial charge on any atom is -0.402 e. The van der Waals surface area contributed by atoms with Crippen molar-refractivity contribution < 1.29 is 0 Å². The lowest BCUT2D eigenvalue weighted by Gasteiger charge is -2.04. The van der Waals surface area contributed by atoms with Crippen LogP contribution in [0.5, 0.6) is 0 Å². The molecule has 0 radical (unpaired) electrons. The van der Waals surface area contributed by atoms with E-state index in [0.717, 1.165) is 24.2 Å². The highest BCUT2D eigenvalue weighted by atomic mass is 14.7. The van der Waals surface area contributed by atoms with E-state index in [-0.39, 0.29) is 0 Å². The first-order chi connectivity index (χ1) is 6.63. The van der Waals surface area contributed by atoms with Crippen molar-refractivity contribution in [1.29, 1.82) is 0 Å². The van der Waals surface area contributed by atoms with E-state index >= 15 is 0 Å². The maximum absolute atomic E-state index is 5.61. The largest absolute Gasteiger partial charge is 0.402 e. The van der Waals surface area contributed by atoms with Crippen LogP contribution in [0.2, 0.25) is 0 Å². The molecule has 14 heavy (non-hydrogen) atoms. The van der Waals surface area contributed by atoms with Crippen LogP contribution in [0.4, 0.5) is 0 Å². The van der Waals surface area contributed by atoms with Crippen molar-refractivity contribution in [2.75, 3.05) is 0 Å². The summed E-state index contributed by atoms with van der Waals surface area (Å²) >= 11 is 0. The highest BCUT2D eigenvalue weighted by Crippen LogP contribution is 2.12. The van der Waals surface area contributed by atoms with Gasteiger partial charge in [0.15, 0.2) is 0 Å². The zero-order chi connectivity index (χ0) is 10.6. The Morgan fingerprint density at radius 2 is 2.29 bits per heavy atom. The summed E-state index contributed by atoms with van der Waals surface area (Å²) in [4.78, 5) is 4.30. The molecule has 1 rings (SSSR count). The molecular weight excluding hydrogens is 172 g/mol. The van der Waals surface area contributed by atoms with Crippen molar-refractivity contribution in [3.8, 4) is 0 Å². The maximum Gasteiger partial charge on any atom is 0.0649 e. The molecule has 0 unspecified atom stereocenters. The summed E-state index contributed by atoms with van der Waals surface area (Å²) in [6.07, 6.45) is 6.09. The third kappa shape index (κ3) is 2.87. The topological polar surface area (TPSA) is 38.9 Å². The zero-order valence-corrected chi connectivity index (χ0v) is 9.17. The van der Waals surface area contributed by atoms with Crippen molar-refractivity contribution in [2.45, 2.75) is 33.6 Å². The van der Waals surface area contributed by atoms with Crippen LogP contribution in [-0.4, -0.2) is 4.98 Å². The fourth-order valence-electron chi connectivity index (χ4n) is 1.43. The normalized spacial score (nSPS) is 11.8. The van der Waals surface area contributed by atoms with Gasteiger partial charge in [-0.3, -0.25) is 4.98 Å². The molecule has 2 heteroatoms. The predicted molar refractivity (Wildman–Crippen MR) is 60.8 cm³/mol. The van der Waals surface area contributed by atoms with E-state index < -0.39 is 0 Å². The lowest BCUT2D eigenvalue weighted by Crippen LogP contribution is -1.95. The third-order valence-corrected chi connectivity index (χ3v) is 2.13. The first-order valence-corrected chi connectivity index (χ1v) is 5.02. The van der Waals surface area contributed by atoms with E-state index in [0.29, 0.717) is 0 Å². The predicted octanol–water partition coefficient (Wildman–Crippen LogP) is 2.66. The lowest BCUT2D eigenvalue weighted by atomic mass is 10.1. The Hall–Kier alpha value is -1.31. The first-order valence-electron chi connectivity index (χ1n) is 5.02. The van der Waals surface area contributed by atoms with Crippen LogP contribution in [0.15, 0.2) is 18.0 Å². The Morgan fingerprint density at radius 1 is 1.57 bits per heavy atom. The average Bonchev–Trinajstić information content (AvgIpc) is 2.10. The number of hydrogen-bond acceptors (Lipinski definition) is 2. The SMILES string of the molecule is CCCc1cc(/C=C(/C)N)ncc1C. The number of hydrogen-bond donors (Lipinski definition) is 1. The number of nitrogens with zero attached hydrogens (tertiary/aromatic N) is 1. The van der Waals surface area contributed by atoms with Gasteiger partial charge in [-0.15, -0.1) is 0 Å². The van der Waals surface area contributed by atoms with Gasteiger partial charge in [-0.05, 0) is 43.5 Å². The monoisotopic (exact) mass is 190 g/mol. The van der Waals surface area contributed by atoms with Crippen molar-refractivity contribution in [3.63, 3.8) is 0 Å². The van der Waals surface area contributed by atoms with Gasteiger partial charge in [0.25, 0.3) is 0 Å². The first kappa shape index (κ1) is 10.8. The molecule has 0 aliphatic carbocycles. The van der Waals surface area contributed by atoms with Crippen molar-refractivity contribution in [1.82, 2.24) is 4.98 Å². The number of rotatable bonds is 3. The number of nitrogens with two attached hydrogens (primary N) is 1. The van der Waals surface area contributed by atoms with Crippen LogP contribution < -0.4 is 5.73 Å². The third-order valence-electron chi connectivity index (χ3n) is 2.13. The summed E-state index contributed by atoms with van der Waals surface area (Å²) in [6, 6.07) is 2.12. The fraction of sp³-hybridized carbons (Fsp3) is 0.417. The molecule has 0 aromatic carbocycles. The lowest BCUT2D eigenvalue weighted by molar-refractivity contribution is 0.906. The van der Waals surface area contributed by atoms with Gasteiger partial charge in [0.1, 0.15) is 0 Å². The minimum absolute atomic E-state index is 0.795. The number of allylic oxidation sites excluding steroid dienone is 1. The van der Waals surface area contributed by atoms with E-state index in [4.69, 9.17) is 5.73 Å². The molecule has 0 saturated heterocycles. The molecule has 0 bridgehead atoms. The zero-order valence-electron chi connectivity index (χ0n) is 9.17. The number of pyridine rings is 1. The van der Waals surface area contributed by atoms with E-state index in [2.05, 4.69) is 24.9 Å². The van der Waals surface area contributed by atoms with Gasteiger partial charge in [0, 0.05) is 11.9 Å². The summed E-state index contributed by atoms with van der Waals surface area (Å²) in [5, 5.41) is 0. The molecule has 76 valence electrons. The number of aryl methyl sites for hydroxylation is 2. The van der Waals surface area contributed by atoms with Crippen LogP contribution in [0, 0.1) is 6.92 Å². The number of aromatic nitrogens is 1. The van der Waals surface area contributed by atoms with Crippen LogP contribution in [-0.2, 0) is 6.42 Å². The van der Waals surface area contributed by atoms with Gasteiger partial charge in [-0.2, -0.15) is 0 Å². The molecule has 2 N–H and O–H groups in total. The second kappa shape index (κ2) is 4.80. The molecule has 2 nitrogen and oxygen atoms in total. The van der Waals surface area contributed by atoms with Crippen molar-refractivity contribution >= 4 is 6.08 Å². The smallest absolute Gasteiger partial charge is 0.0649 e. The van der Waals surface area contributed by atoms with Gasteiger partial charge in [-0.25, -0.2) is 0 Å². The molecule has 1 aromatic heterocycles. The highest BCUT2D eigenvalue weighted by molar-refractivity contribution is 5.49. The van der Waals surface area contributed by atoms with Gasteiger partial charge in [0.05, 0.1) is 5.69 Å². The Balaban J connectivity index is 3.00. The summed E-state index contributed by atoms with van der Waals surface area (Å²) in [7, 11) is 0. The van der Waals surface area contributed by atoms with E-state index in [9.17, 15) is 0 Å². The Labute approximate surface area is 85.9 Å². The van der Waals surface area contributed by atoms with Crippen LogP contribution in [0.3, 0.4) is 0 Å². The van der Waals surface area contributed by atoms with Gasteiger partial charge < -0.3 is 5.73 Å². The molecule has 0 fully saturated rings. The van der Waals surface area contributed by atoms with E-state index in [1.54, 1.807) is 0 Å². The van der Waals surface area contributed by atoms with Crippen LogP contribution >= 0.6 is 0 Å². The standard InChI is InChI=1S/C12H18N2/c1-4-5-11-7-12(6-10(3)13)14-8-9(11)2/h6-8H,4-5,13H2,1-3H3/b10-6-. The summed E-state index contributed by atoms with van der Waals surface area (Å²) < 4.78 is 0. The summed E-state index contributed by atoms with van der Waals surface area (Å²) in [6.45, 7) is 6.16. The highest BCUT2D eigenvalue weighted by Gasteiger charge is 1.99. The Kier molecular flexibility index (Phi) is 3.69. The molecule has 0 aliphatic rings. The molecule has 0 aliphatic heterocycles.